The van der Waals surface area contributed by atoms with Crippen molar-refractivity contribution < 1.29 is 17.5 Å². The van der Waals surface area contributed by atoms with Crippen LogP contribution in [-0.2, 0) is 10.0 Å². The van der Waals surface area contributed by atoms with E-state index < -0.39 is 10.0 Å². The van der Waals surface area contributed by atoms with Gasteiger partial charge in [-0.2, -0.15) is 4.31 Å². The molecule has 0 unspecified atom stereocenters. The zero-order valence-corrected chi connectivity index (χ0v) is 14.8. The van der Waals surface area contributed by atoms with E-state index in [9.17, 15) is 12.8 Å². The highest BCUT2D eigenvalue weighted by atomic mass is 32.2. The number of nitrogens with zero attached hydrogens (tertiary/aromatic N) is 1. The van der Waals surface area contributed by atoms with E-state index in [2.05, 4.69) is 11.9 Å². The number of halogens is 1. The van der Waals surface area contributed by atoms with E-state index in [4.69, 9.17) is 4.74 Å². The monoisotopic (exact) mass is 364 g/mol. The van der Waals surface area contributed by atoms with Crippen LogP contribution in [0.2, 0.25) is 0 Å². The van der Waals surface area contributed by atoms with Crippen molar-refractivity contribution in [1.29, 1.82) is 0 Å². The molecule has 0 bridgehead atoms. The van der Waals surface area contributed by atoms with Crippen molar-refractivity contribution in [2.45, 2.75) is 4.90 Å². The highest BCUT2D eigenvalue weighted by Crippen LogP contribution is 2.17. The minimum Gasteiger partial charge on any atom is -0.492 e. The normalized spacial score (nSPS) is 11.3. The summed E-state index contributed by atoms with van der Waals surface area (Å²) in [5.74, 6) is 0.286. The third-order valence-electron chi connectivity index (χ3n) is 3.46. The molecule has 2 aromatic rings. The van der Waals surface area contributed by atoms with Crippen LogP contribution in [0, 0.1) is 5.82 Å². The molecule has 5 nitrogen and oxygen atoms in total. The Morgan fingerprint density at radius 2 is 1.80 bits per heavy atom. The van der Waals surface area contributed by atoms with Gasteiger partial charge in [0.05, 0.1) is 4.90 Å². The molecule has 0 fully saturated rings. The first kappa shape index (κ1) is 19.0. The number of benzene rings is 2. The maximum Gasteiger partial charge on any atom is 0.243 e. The van der Waals surface area contributed by atoms with Crippen molar-refractivity contribution in [3.8, 4) is 5.75 Å². The van der Waals surface area contributed by atoms with Gasteiger partial charge < -0.3 is 10.1 Å². The lowest BCUT2D eigenvalue weighted by atomic mass is 10.3. The standard InChI is InChI=1S/C18H21FN2O3S/c1-3-13-21(2)25(22,23)18-10-6-16(7-11-18)20-12-14-24-17-8-4-15(19)5-9-17/h3-11,20H,1,12-14H2,2H3. The second kappa shape index (κ2) is 8.64. The van der Waals surface area contributed by atoms with Gasteiger partial charge in [0.1, 0.15) is 18.2 Å². The smallest absolute Gasteiger partial charge is 0.243 e. The molecule has 2 rings (SSSR count). The first-order valence-corrected chi connectivity index (χ1v) is 9.17. The van der Waals surface area contributed by atoms with E-state index in [-0.39, 0.29) is 17.3 Å². The topological polar surface area (TPSA) is 58.6 Å². The number of ether oxygens (including phenoxy) is 1. The second-order valence-corrected chi connectivity index (χ2v) is 7.37. The van der Waals surface area contributed by atoms with E-state index in [1.165, 1.54) is 29.6 Å². The summed E-state index contributed by atoms with van der Waals surface area (Å²) in [6.07, 6.45) is 1.54. The average molecular weight is 364 g/mol. The Bertz CT molecular complexity index is 790. The zero-order chi connectivity index (χ0) is 18.3. The minimum atomic E-state index is -3.50. The summed E-state index contributed by atoms with van der Waals surface area (Å²) >= 11 is 0. The molecule has 0 atom stereocenters. The number of hydrogen-bond acceptors (Lipinski definition) is 4. The maximum atomic E-state index is 12.8. The van der Waals surface area contributed by atoms with Crippen LogP contribution in [0.25, 0.3) is 0 Å². The highest BCUT2D eigenvalue weighted by molar-refractivity contribution is 7.89. The Kier molecular flexibility index (Phi) is 6.55. The summed E-state index contributed by atoms with van der Waals surface area (Å²) in [6.45, 7) is 4.72. The van der Waals surface area contributed by atoms with Gasteiger partial charge >= 0.3 is 0 Å². The fraction of sp³-hybridized carbons (Fsp3) is 0.222. The molecule has 0 spiro atoms. The lowest BCUT2D eigenvalue weighted by molar-refractivity contribution is 0.332. The average Bonchev–Trinajstić information content (AvgIpc) is 2.61. The van der Waals surface area contributed by atoms with Crippen molar-refractivity contribution in [2.24, 2.45) is 0 Å². The van der Waals surface area contributed by atoms with Crippen LogP contribution in [0.1, 0.15) is 0 Å². The second-order valence-electron chi connectivity index (χ2n) is 5.33. The van der Waals surface area contributed by atoms with Gasteiger partial charge in [-0.3, -0.25) is 0 Å². The molecule has 0 amide bonds. The summed E-state index contributed by atoms with van der Waals surface area (Å²) in [7, 11) is -1.99. The van der Waals surface area contributed by atoms with Gasteiger partial charge in [-0.05, 0) is 48.5 Å². The molecular formula is C18H21FN2O3S. The van der Waals surface area contributed by atoms with Gasteiger partial charge in [-0.1, -0.05) is 6.08 Å². The van der Waals surface area contributed by atoms with Crippen molar-refractivity contribution in [2.75, 3.05) is 32.1 Å². The van der Waals surface area contributed by atoms with Crippen molar-refractivity contribution >= 4 is 15.7 Å². The quantitative estimate of drug-likeness (QED) is 0.549. The van der Waals surface area contributed by atoms with Crippen molar-refractivity contribution in [3.63, 3.8) is 0 Å². The van der Waals surface area contributed by atoms with Gasteiger partial charge in [0.2, 0.25) is 10.0 Å². The molecule has 0 saturated heterocycles. The number of anilines is 1. The summed E-state index contributed by atoms with van der Waals surface area (Å²) in [6, 6.07) is 12.3. The predicted octanol–water partition coefficient (Wildman–Crippen LogP) is 3.12. The third kappa shape index (κ3) is 5.30. The number of hydrogen-bond donors (Lipinski definition) is 1. The molecule has 25 heavy (non-hydrogen) atoms. The first-order chi connectivity index (χ1) is 11.9. The van der Waals surface area contributed by atoms with Crippen LogP contribution in [0.15, 0.2) is 66.1 Å². The van der Waals surface area contributed by atoms with Crippen LogP contribution in [0.3, 0.4) is 0 Å². The molecule has 0 aliphatic heterocycles. The number of sulfonamides is 1. The molecule has 0 heterocycles. The lowest BCUT2D eigenvalue weighted by Crippen LogP contribution is -2.26. The molecular weight excluding hydrogens is 343 g/mol. The maximum absolute atomic E-state index is 12.8. The molecule has 0 radical (unpaired) electrons. The molecule has 7 heteroatoms. The summed E-state index contributed by atoms with van der Waals surface area (Å²) in [5, 5.41) is 3.14. The van der Waals surface area contributed by atoms with E-state index >= 15 is 0 Å². The van der Waals surface area contributed by atoms with Crippen LogP contribution < -0.4 is 10.1 Å². The Hall–Kier alpha value is -2.38. The molecule has 0 saturated carbocycles. The van der Waals surface area contributed by atoms with Gasteiger partial charge in [0.15, 0.2) is 0 Å². The lowest BCUT2D eigenvalue weighted by Gasteiger charge is -2.15. The summed E-state index contributed by atoms with van der Waals surface area (Å²) < 4.78 is 44.1. The van der Waals surface area contributed by atoms with E-state index in [1.807, 2.05) is 0 Å². The van der Waals surface area contributed by atoms with Gasteiger partial charge in [-0.15, -0.1) is 6.58 Å². The van der Waals surface area contributed by atoms with E-state index in [0.29, 0.717) is 18.9 Å². The predicted molar refractivity (Wildman–Crippen MR) is 96.8 cm³/mol. The molecule has 134 valence electrons. The Morgan fingerprint density at radius 1 is 1.16 bits per heavy atom. The number of rotatable bonds is 9. The van der Waals surface area contributed by atoms with Crippen molar-refractivity contribution in [3.05, 3.63) is 67.0 Å². The number of likely N-dealkylation sites (N-methyl/N-ethyl adjacent to an activating group) is 1. The Morgan fingerprint density at radius 3 is 2.40 bits per heavy atom. The van der Waals surface area contributed by atoms with Gasteiger partial charge in [0.25, 0.3) is 0 Å². The first-order valence-electron chi connectivity index (χ1n) is 7.73. The number of nitrogens with one attached hydrogen (secondary N) is 1. The molecule has 0 aliphatic rings. The van der Waals surface area contributed by atoms with Crippen LogP contribution >= 0.6 is 0 Å². The van der Waals surface area contributed by atoms with Crippen LogP contribution in [-0.4, -0.2) is 39.5 Å². The minimum absolute atomic E-state index is 0.227. The highest BCUT2D eigenvalue weighted by Gasteiger charge is 2.19. The van der Waals surface area contributed by atoms with Crippen LogP contribution in [0.5, 0.6) is 5.75 Å². The molecule has 0 aliphatic carbocycles. The fourth-order valence-corrected chi connectivity index (χ4v) is 3.24. The zero-order valence-electron chi connectivity index (χ0n) is 14.0. The SMILES string of the molecule is C=CCN(C)S(=O)(=O)c1ccc(NCCOc2ccc(F)cc2)cc1. The Balaban J connectivity index is 1.86. The Labute approximate surface area is 147 Å². The van der Waals surface area contributed by atoms with Crippen LogP contribution in [0.4, 0.5) is 10.1 Å². The van der Waals surface area contributed by atoms with E-state index in [1.54, 1.807) is 36.4 Å². The molecule has 2 aromatic carbocycles. The van der Waals surface area contributed by atoms with Gasteiger partial charge in [-0.25, -0.2) is 12.8 Å². The van der Waals surface area contributed by atoms with Crippen molar-refractivity contribution in [1.82, 2.24) is 4.31 Å². The van der Waals surface area contributed by atoms with Gasteiger partial charge in [0, 0.05) is 25.8 Å². The molecule has 1 N–H and O–H groups in total. The fourth-order valence-electron chi connectivity index (χ4n) is 2.10. The summed E-state index contributed by atoms with van der Waals surface area (Å²) in [4.78, 5) is 0.227. The van der Waals surface area contributed by atoms with E-state index in [0.717, 1.165) is 5.69 Å². The summed E-state index contributed by atoms with van der Waals surface area (Å²) in [5.41, 5.74) is 0.785. The third-order valence-corrected chi connectivity index (χ3v) is 5.30. The molecule has 0 aromatic heterocycles. The largest absolute Gasteiger partial charge is 0.492 e.